The van der Waals surface area contributed by atoms with Gasteiger partial charge in [0.25, 0.3) is 0 Å². The maximum Gasteiger partial charge on any atom is 0.234 e. The summed E-state index contributed by atoms with van der Waals surface area (Å²) in [6.45, 7) is 2.43. The summed E-state index contributed by atoms with van der Waals surface area (Å²) in [4.78, 5) is 14.4. The van der Waals surface area contributed by atoms with E-state index in [2.05, 4.69) is 22.3 Å². The molecule has 2 N–H and O–H groups in total. The van der Waals surface area contributed by atoms with E-state index in [9.17, 15) is 4.79 Å². The zero-order valence-corrected chi connectivity index (χ0v) is 12.4. The van der Waals surface area contributed by atoms with Crippen LogP contribution in [0.2, 0.25) is 0 Å². The van der Waals surface area contributed by atoms with Crippen LogP contribution in [0.5, 0.6) is 0 Å². The summed E-state index contributed by atoms with van der Waals surface area (Å²) < 4.78 is 0. The van der Waals surface area contributed by atoms with Crippen LogP contribution in [-0.4, -0.2) is 42.2 Å². The van der Waals surface area contributed by atoms with Crippen molar-refractivity contribution in [2.75, 3.05) is 26.2 Å². The second-order valence-electron chi connectivity index (χ2n) is 6.37. The number of carbonyl (C=O) groups excluding carboxylic acids is 1. The minimum absolute atomic E-state index is 0.106. The number of aliphatic hydroxyl groups excluding tert-OH is 1. The summed E-state index contributed by atoms with van der Waals surface area (Å²) in [7, 11) is 0. The zero-order valence-electron chi connectivity index (χ0n) is 12.4. The molecule has 4 heteroatoms. The van der Waals surface area contributed by atoms with Gasteiger partial charge in [0.2, 0.25) is 5.91 Å². The van der Waals surface area contributed by atoms with Gasteiger partial charge in [-0.15, -0.1) is 0 Å². The number of nitrogens with one attached hydrogen (secondary N) is 1. The molecular formula is C17H24N2O2. The van der Waals surface area contributed by atoms with Gasteiger partial charge in [0.15, 0.2) is 0 Å². The lowest BCUT2D eigenvalue weighted by atomic mass is 10.0. The maximum atomic E-state index is 12.3. The summed E-state index contributed by atoms with van der Waals surface area (Å²) in [5.74, 6) is 1.04. The van der Waals surface area contributed by atoms with Gasteiger partial charge in [0, 0.05) is 13.2 Å². The van der Waals surface area contributed by atoms with E-state index >= 15 is 0 Å². The van der Waals surface area contributed by atoms with Crippen LogP contribution >= 0.6 is 0 Å². The molecule has 3 rings (SSSR count). The van der Waals surface area contributed by atoms with E-state index in [0.29, 0.717) is 18.4 Å². The van der Waals surface area contributed by atoms with Crippen molar-refractivity contribution in [1.29, 1.82) is 0 Å². The minimum atomic E-state index is 0.106. The number of carbonyl (C=O) groups is 1. The van der Waals surface area contributed by atoms with E-state index in [1.54, 1.807) is 0 Å². The second-order valence-corrected chi connectivity index (χ2v) is 6.37. The average Bonchev–Trinajstić information content (AvgIpc) is 3.25. The summed E-state index contributed by atoms with van der Waals surface area (Å²) >= 11 is 0. The Hall–Kier alpha value is -1.39. The van der Waals surface area contributed by atoms with Gasteiger partial charge in [-0.25, -0.2) is 0 Å². The molecule has 2 atom stereocenters. The topological polar surface area (TPSA) is 52.6 Å². The molecule has 1 aromatic rings. The summed E-state index contributed by atoms with van der Waals surface area (Å²) in [5, 5.41) is 12.4. The third kappa shape index (κ3) is 3.83. The van der Waals surface area contributed by atoms with Crippen molar-refractivity contribution in [3.8, 4) is 0 Å². The Balaban J connectivity index is 1.55. The van der Waals surface area contributed by atoms with Crippen molar-refractivity contribution in [1.82, 2.24) is 10.2 Å². The van der Waals surface area contributed by atoms with E-state index in [0.717, 1.165) is 19.5 Å². The Morgan fingerprint density at radius 3 is 2.67 bits per heavy atom. The van der Waals surface area contributed by atoms with Crippen molar-refractivity contribution >= 4 is 5.91 Å². The minimum Gasteiger partial charge on any atom is -0.396 e. The zero-order chi connectivity index (χ0) is 14.7. The van der Waals surface area contributed by atoms with E-state index in [4.69, 9.17) is 5.11 Å². The first-order chi connectivity index (χ1) is 10.3. The number of hydrogen-bond acceptors (Lipinski definition) is 3. The fraction of sp³-hybridized carbons (Fsp3) is 0.588. The normalized spacial score (nSPS) is 24.0. The third-order valence-electron chi connectivity index (χ3n) is 4.56. The number of rotatable bonds is 6. The molecule has 0 bridgehead atoms. The SMILES string of the molecule is O=C(CN1CCC(CO)C1)NC(c1ccccc1)C1CC1. The first-order valence-corrected chi connectivity index (χ1v) is 7.94. The monoisotopic (exact) mass is 288 g/mol. The van der Waals surface area contributed by atoms with Crippen molar-refractivity contribution in [2.24, 2.45) is 11.8 Å². The van der Waals surface area contributed by atoms with Gasteiger partial charge in [0.05, 0.1) is 12.6 Å². The largest absolute Gasteiger partial charge is 0.396 e. The molecule has 0 aromatic heterocycles. The van der Waals surface area contributed by atoms with Crippen LogP contribution in [0.15, 0.2) is 30.3 Å². The van der Waals surface area contributed by atoms with E-state index < -0.39 is 0 Å². The number of benzene rings is 1. The van der Waals surface area contributed by atoms with Gasteiger partial charge >= 0.3 is 0 Å². The van der Waals surface area contributed by atoms with Crippen LogP contribution in [0.25, 0.3) is 0 Å². The lowest BCUT2D eigenvalue weighted by Gasteiger charge is -2.21. The van der Waals surface area contributed by atoms with Crippen molar-refractivity contribution in [3.63, 3.8) is 0 Å². The number of amides is 1. The lowest BCUT2D eigenvalue weighted by molar-refractivity contribution is -0.123. The lowest BCUT2D eigenvalue weighted by Crippen LogP contribution is -2.38. The fourth-order valence-electron chi connectivity index (χ4n) is 3.19. The molecule has 1 amide bonds. The molecule has 0 radical (unpaired) electrons. The van der Waals surface area contributed by atoms with Crippen LogP contribution in [0.3, 0.4) is 0 Å². The Morgan fingerprint density at radius 1 is 1.29 bits per heavy atom. The molecule has 2 unspecified atom stereocenters. The van der Waals surface area contributed by atoms with Crippen LogP contribution in [0.4, 0.5) is 0 Å². The smallest absolute Gasteiger partial charge is 0.234 e. The van der Waals surface area contributed by atoms with Crippen LogP contribution < -0.4 is 5.32 Å². The Kier molecular flexibility index (Phi) is 4.56. The van der Waals surface area contributed by atoms with Gasteiger partial charge in [0.1, 0.15) is 0 Å². The Labute approximate surface area is 126 Å². The molecule has 4 nitrogen and oxygen atoms in total. The van der Waals surface area contributed by atoms with Crippen molar-refractivity contribution in [2.45, 2.75) is 25.3 Å². The summed E-state index contributed by atoms with van der Waals surface area (Å²) in [5.41, 5.74) is 1.21. The number of nitrogens with zero attached hydrogens (tertiary/aromatic N) is 1. The quantitative estimate of drug-likeness (QED) is 0.835. The molecular weight excluding hydrogens is 264 g/mol. The van der Waals surface area contributed by atoms with E-state index in [1.807, 2.05) is 18.2 Å². The molecule has 1 saturated heterocycles. The molecule has 2 fully saturated rings. The Bertz CT molecular complexity index is 473. The molecule has 0 spiro atoms. The van der Waals surface area contributed by atoms with Gasteiger partial charge in [-0.3, -0.25) is 9.69 Å². The van der Waals surface area contributed by atoms with Crippen LogP contribution in [0, 0.1) is 11.8 Å². The molecule has 114 valence electrons. The highest BCUT2D eigenvalue weighted by molar-refractivity contribution is 5.78. The fourth-order valence-corrected chi connectivity index (χ4v) is 3.19. The van der Waals surface area contributed by atoms with Crippen LogP contribution in [-0.2, 0) is 4.79 Å². The molecule has 2 aliphatic rings. The van der Waals surface area contributed by atoms with E-state index in [-0.39, 0.29) is 18.6 Å². The highest BCUT2D eigenvalue weighted by Gasteiger charge is 2.33. The molecule has 1 aliphatic carbocycles. The van der Waals surface area contributed by atoms with Gasteiger partial charge in [-0.05, 0) is 43.2 Å². The van der Waals surface area contributed by atoms with Crippen molar-refractivity contribution in [3.05, 3.63) is 35.9 Å². The van der Waals surface area contributed by atoms with Gasteiger partial charge in [-0.2, -0.15) is 0 Å². The summed E-state index contributed by atoms with van der Waals surface area (Å²) in [6.07, 6.45) is 3.40. The predicted octanol–water partition coefficient (Wildman–Crippen LogP) is 1.57. The number of aliphatic hydroxyl groups is 1. The summed E-state index contributed by atoms with van der Waals surface area (Å²) in [6, 6.07) is 10.4. The maximum absolute atomic E-state index is 12.3. The number of likely N-dealkylation sites (tertiary alicyclic amines) is 1. The van der Waals surface area contributed by atoms with E-state index in [1.165, 1.54) is 18.4 Å². The third-order valence-corrected chi connectivity index (χ3v) is 4.56. The molecule has 21 heavy (non-hydrogen) atoms. The first kappa shape index (κ1) is 14.5. The first-order valence-electron chi connectivity index (χ1n) is 7.94. The molecule has 1 aromatic carbocycles. The van der Waals surface area contributed by atoms with Crippen molar-refractivity contribution < 1.29 is 9.90 Å². The molecule has 1 heterocycles. The van der Waals surface area contributed by atoms with Gasteiger partial charge in [-0.1, -0.05) is 30.3 Å². The Morgan fingerprint density at radius 2 is 2.05 bits per heavy atom. The molecule has 1 saturated carbocycles. The van der Waals surface area contributed by atoms with Crippen LogP contribution in [0.1, 0.15) is 30.9 Å². The molecule has 1 aliphatic heterocycles. The predicted molar refractivity (Wildman–Crippen MR) is 81.7 cm³/mol. The van der Waals surface area contributed by atoms with Gasteiger partial charge < -0.3 is 10.4 Å². The number of hydrogen-bond donors (Lipinski definition) is 2. The standard InChI is InChI=1S/C17H24N2O2/c20-12-13-8-9-19(10-13)11-16(21)18-17(15-6-7-15)14-4-2-1-3-5-14/h1-5,13,15,17,20H,6-12H2,(H,18,21). The average molecular weight is 288 g/mol. The highest BCUT2D eigenvalue weighted by Crippen LogP contribution is 2.40. The highest BCUT2D eigenvalue weighted by atomic mass is 16.3. The second kappa shape index (κ2) is 6.58.